The van der Waals surface area contributed by atoms with Crippen LogP contribution in [0.4, 0.5) is 0 Å². The van der Waals surface area contributed by atoms with E-state index < -0.39 is 0 Å². The third-order valence-electron chi connectivity index (χ3n) is 1.99. The van der Waals surface area contributed by atoms with E-state index in [9.17, 15) is 0 Å². The molecule has 4 nitrogen and oxygen atoms in total. The Labute approximate surface area is 82.8 Å². The fraction of sp³-hybridized carbons (Fsp3) is 0.200. The first kappa shape index (κ1) is 8.74. The van der Waals surface area contributed by atoms with Crippen molar-refractivity contribution in [3.8, 4) is 11.1 Å². The highest BCUT2D eigenvalue weighted by Gasteiger charge is 2.01. The molecular formula is C10H12N4. The summed E-state index contributed by atoms with van der Waals surface area (Å²) in [6.07, 6.45) is 7.38. The van der Waals surface area contributed by atoms with Gasteiger partial charge in [0.25, 0.3) is 0 Å². The van der Waals surface area contributed by atoms with E-state index in [0.29, 0.717) is 0 Å². The monoisotopic (exact) mass is 188 g/mol. The molecule has 0 N–H and O–H groups in total. The molecule has 0 bridgehead atoms. The fourth-order valence-corrected chi connectivity index (χ4v) is 1.22. The van der Waals surface area contributed by atoms with E-state index in [1.165, 1.54) is 0 Å². The zero-order valence-corrected chi connectivity index (χ0v) is 8.25. The molecule has 0 spiro atoms. The number of hydrogen-bond acceptors (Lipinski definition) is 3. The quantitative estimate of drug-likeness (QED) is 0.708. The molecule has 0 atom stereocenters. The smallest absolute Gasteiger partial charge is 0.0589 e. The van der Waals surface area contributed by atoms with Gasteiger partial charge in [-0.3, -0.25) is 4.98 Å². The second-order valence-electron chi connectivity index (χ2n) is 3.23. The predicted octanol–water partition coefficient (Wildman–Crippen LogP) is 1.14. The van der Waals surface area contributed by atoms with Gasteiger partial charge >= 0.3 is 0 Å². The van der Waals surface area contributed by atoms with Crippen LogP contribution in [0.5, 0.6) is 0 Å². The minimum absolute atomic E-state index is 1.10. The van der Waals surface area contributed by atoms with Gasteiger partial charge in [0, 0.05) is 32.1 Å². The van der Waals surface area contributed by atoms with Crippen LogP contribution in [0.15, 0.2) is 36.9 Å². The van der Waals surface area contributed by atoms with E-state index in [1.807, 2.05) is 43.6 Å². The van der Waals surface area contributed by atoms with E-state index in [0.717, 1.165) is 11.1 Å². The van der Waals surface area contributed by atoms with Gasteiger partial charge in [-0.1, -0.05) is 0 Å². The fourth-order valence-electron chi connectivity index (χ4n) is 1.22. The lowest BCUT2D eigenvalue weighted by Gasteiger charge is -2.10. The molecule has 4 heteroatoms. The van der Waals surface area contributed by atoms with Crippen molar-refractivity contribution in [2.75, 3.05) is 19.1 Å². The molecule has 72 valence electrons. The van der Waals surface area contributed by atoms with E-state index in [1.54, 1.807) is 17.2 Å². The molecule has 0 saturated heterocycles. The van der Waals surface area contributed by atoms with Gasteiger partial charge in [-0.25, -0.2) is 0 Å². The molecule has 14 heavy (non-hydrogen) atoms. The van der Waals surface area contributed by atoms with Gasteiger partial charge in [0.1, 0.15) is 0 Å². The summed E-state index contributed by atoms with van der Waals surface area (Å²) in [5.74, 6) is 0. The maximum Gasteiger partial charge on any atom is 0.0589 e. The van der Waals surface area contributed by atoms with Gasteiger partial charge < -0.3 is 5.01 Å². The summed E-state index contributed by atoms with van der Waals surface area (Å²) in [5, 5.41) is 6.12. The summed E-state index contributed by atoms with van der Waals surface area (Å²) < 4.78 is 0. The third kappa shape index (κ3) is 1.59. The number of aromatic nitrogens is 3. The Morgan fingerprint density at radius 3 is 2.43 bits per heavy atom. The number of nitrogens with zero attached hydrogens (tertiary/aromatic N) is 4. The normalized spacial score (nSPS) is 10.1. The summed E-state index contributed by atoms with van der Waals surface area (Å²) >= 11 is 0. The van der Waals surface area contributed by atoms with Crippen LogP contribution in [0.3, 0.4) is 0 Å². The average molecular weight is 188 g/mol. The SMILES string of the molecule is CN(C)n1cc(-c2ccncc2)cn1. The molecule has 0 unspecified atom stereocenters. The maximum absolute atomic E-state index is 4.21. The summed E-state index contributed by atoms with van der Waals surface area (Å²) in [7, 11) is 3.90. The van der Waals surface area contributed by atoms with Crippen LogP contribution >= 0.6 is 0 Å². The van der Waals surface area contributed by atoms with Crippen molar-refractivity contribution in [3.63, 3.8) is 0 Å². The van der Waals surface area contributed by atoms with Crippen molar-refractivity contribution in [2.24, 2.45) is 0 Å². The molecule has 0 aliphatic heterocycles. The molecule has 2 aromatic heterocycles. The summed E-state index contributed by atoms with van der Waals surface area (Å²) in [6.45, 7) is 0. The zero-order valence-electron chi connectivity index (χ0n) is 8.25. The molecule has 0 radical (unpaired) electrons. The zero-order chi connectivity index (χ0) is 9.97. The summed E-state index contributed by atoms with van der Waals surface area (Å²) in [5.41, 5.74) is 2.23. The highest BCUT2D eigenvalue weighted by atomic mass is 15.6. The predicted molar refractivity (Wildman–Crippen MR) is 55.5 cm³/mol. The molecule has 0 aromatic carbocycles. The van der Waals surface area contributed by atoms with Gasteiger partial charge in [0.05, 0.1) is 12.4 Å². The number of rotatable bonds is 2. The first-order valence-electron chi connectivity index (χ1n) is 4.40. The molecule has 0 aliphatic carbocycles. The molecule has 0 fully saturated rings. The van der Waals surface area contributed by atoms with Crippen LogP contribution in [-0.4, -0.2) is 29.0 Å². The average Bonchev–Trinajstić information content (AvgIpc) is 2.68. The van der Waals surface area contributed by atoms with Crippen molar-refractivity contribution in [1.29, 1.82) is 0 Å². The second-order valence-corrected chi connectivity index (χ2v) is 3.23. The van der Waals surface area contributed by atoms with Crippen molar-refractivity contribution in [1.82, 2.24) is 14.9 Å². The topological polar surface area (TPSA) is 34.0 Å². The van der Waals surface area contributed by atoms with E-state index in [4.69, 9.17) is 0 Å². The standard InChI is InChI=1S/C10H12N4/c1-13(2)14-8-10(7-12-14)9-3-5-11-6-4-9/h3-8H,1-2H3. The van der Waals surface area contributed by atoms with Crippen molar-refractivity contribution >= 4 is 0 Å². The van der Waals surface area contributed by atoms with E-state index in [-0.39, 0.29) is 0 Å². The first-order chi connectivity index (χ1) is 6.77. The highest BCUT2D eigenvalue weighted by molar-refractivity contribution is 5.60. The third-order valence-corrected chi connectivity index (χ3v) is 1.99. The molecule has 0 aliphatic rings. The van der Waals surface area contributed by atoms with Gasteiger partial charge in [-0.15, -0.1) is 0 Å². The summed E-state index contributed by atoms with van der Waals surface area (Å²) in [4.78, 5) is 5.76. The van der Waals surface area contributed by atoms with Gasteiger partial charge in [0.2, 0.25) is 0 Å². The van der Waals surface area contributed by atoms with Crippen LogP contribution in [0, 0.1) is 0 Å². The Kier molecular flexibility index (Phi) is 2.18. The van der Waals surface area contributed by atoms with Crippen molar-refractivity contribution in [2.45, 2.75) is 0 Å². The molecule has 2 rings (SSSR count). The summed E-state index contributed by atoms with van der Waals surface area (Å²) in [6, 6.07) is 3.94. The minimum atomic E-state index is 1.10. The molecular weight excluding hydrogens is 176 g/mol. The Morgan fingerprint density at radius 1 is 1.14 bits per heavy atom. The largest absolute Gasteiger partial charge is 0.303 e. The minimum Gasteiger partial charge on any atom is -0.303 e. The Hall–Kier alpha value is -1.84. The van der Waals surface area contributed by atoms with Crippen LogP contribution in [0.2, 0.25) is 0 Å². The maximum atomic E-state index is 4.21. The highest BCUT2D eigenvalue weighted by Crippen LogP contribution is 2.16. The van der Waals surface area contributed by atoms with E-state index in [2.05, 4.69) is 10.1 Å². The van der Waals surface area contributed by atoms with Crippen LogP contribution in [-0.2, 0) is 0 Å². The first-order valence-corrected chi connectivity index (χ1v) is 4.40. The lowest BCUT2D eigenvalue weighted by molar-refractivity contribution is 0.639. The van der Waals surface area contributed by atoms with Gasteiger partial charge in [0.15, 0.2) is 0 Å². The Morgan fingerprint density at radius 2 is 1.86 bits per heavy atom. The molecule has 2 aromatic rings. The van der Waals surface area contributed by atoms with Crippen molar-refractivity contribution in [3.05, 3.63) is 36.9 Å². The molecule has 2 heterocycles. The number of pyridine rings is 1. The number of hydrogen-bond donors (Lipinski definition) is 0. The van der Waals surface area contributed by atoms with Crippen molar-refractivity contribution < 1.29 is 0 Å². The Balaban J connectivity index is 2.34. The van der Waals surface area contributed by atoms with Gasteiger partial charge in [-0.2, -0.15) is 9.89 Å². The second kappa shape index (κ2) is 3.49. The van der Waals surface area contributed by atoms with E-state index >= 15 is 0 Å². The van der Waals surface area contributed by atoms with Gasteiger partial charge in [-0.05, 0) is 17.7 Å². The van der Waals surface area contributed by atoms with Crippen LogP contribution in [0.1, 0.15) is 0 Å². The molecule has 0 amide bonds. The van der Waals surface area contributed by atoms with Crippen LogP contribution < -0.4 is 5.01 Å². The molecule has 0 saturated carbocycles. The lowest BCUT2D eigenvalue weighted by Crippen LogP contribution is -2.24. The lowest BCUT2D eigenvalue weighted by atomic mass is 10.2. The van der Waals surface area contributed by atoms with Crippen LogP contribution in [0.25, 0.3) is 11.1 Å². The Bertz CT molecular complexity index is 405.